The van der Waals surface area contributed by atoms with E-state index in [-0.39, 0.29) is 11.9 Å². The van der Waals surface area contributed by atoms with Crippen LogP contribution in [0.4, 0.5) is 4.39 Å². The van der Waals surface area contributed by atoms with Crippen LogP contribution in [0.2, 0.25) is 0 Å². The molecule has 3 N–H and O–H groups in total. The van der Waals surface area contributed by atoms with Gasteiger partial charge in [-0.1, -0.05) is 0 Å². The number of nitrogens with two attached hydrogens (primary N) is 1. The second kappa shape index (κ2) is 4.96. The molecule has 1 aliphatic heterocycles. The Bertz CT molecular complexity index is 343. The molecule has 0 aromatic heterocycles. The van der Waals surface area contributed by atoms with Gasteiger partial charge in [-0.25, -0.2) is 4.39 Å². The molecule has 0 spiro atoms. The fourth-order valence-electron chi connectivity index (χ4n) is 1.83. The van der Waals surface area contributed by atoms with Crippen molar-refractivity contribution in [2.45, 2.75) is 17.4 Å². The van der Waals surface area contributed by atoms with Gasteiger partial charge in [0.25, 0.3) is 0 Å². The lowest BCUT2D eigenvalue weighted by Crippen LogP contribution is -2.29. The first kappa shape index (κ1) is 10.9. The SMILES string of the molecule is NCCNC1CCSc2ccc(F)cc21. The molecule has 0 radical (unpaired) electrons. The van der Waals surface area contributed by atoms with Crippen LogP contribution in [-0.4, -0.2) is 18.8 Å². The number of hydrogen-bond donors (Lipinski definition) is 2. The van der Waals surface area contributed by atoms with Crippen molar-refractivity contribution < 1.29 is 4.39 Å². The summed E-state index contributed by atoms with van der Waals surface area (Å²) in [5, 5.41) is 3.35. The largest absolute Gasteiger partial charge is 0.329 e. The maximum Gasteiger partial charge on any atom is 0.123 e. The van der Waals surface area contributed by atoms with Gasteiger partial charge in [-0.2, -0.15) is 0 Å². The van der Waals surface area contributed by atoms with E-state index in [1.807, 2.05) is 6.07 Å². The molecule has 2 nitrogen and oxygen atoms in total. The molecule has 82 valence electrons. The number of rotatable bonds is 3. The van der Waals surface area contributed by atoms with Crippen LogP contribution in [0, 0.1) is 5.82 Å². The third-order valence-electron chi connectivity index (χ3n) is 2.55. The first-order valence-electron chi connectivity index (χ1n) is 5.17. The summed E-state index contributed by atoms with van der Waals surface area (Å²) in [6, 6.07) is 5.29. The summed E-state index contributed by atoms with van der Waals surface area (Å²) in [5.41, 5.74) is 6.54. The molecular weight excluding hydrogens is 211 g/mol. The number of fused-ring (bicyclic) bond motifs is 1. The van der Waals surface area contributed by atoms with Gasteiger partial charge < -0.3 is 11.1 Å². The highest BCUT2D eigenvalue weighted by Gasteiger charge is 2.20. The molecule has 0 saturated carbocycles. The van der Waals surface area contributed by atoms with E-state index in [9.17, 15) is 4.39 Å². The van der Waals surface area contributed by atoms with E-state index in [4.69, 9.17) is 5.73 Å². The van der Waals surface area contributed by atoms with Gasteiger partial charge in [0.15, 0.2) is 0 Å². The lowest BCUT2D eigenvalue weighted by atomic mass is 10.0. The fraction of sp³-hybridized carbons (Fsp3) is 0.455. The van der Waals surface area contributed by atoms with Gasteiger partial charge in [0.1, 0.15) is 5.82 Å². The predicted molar refractivity (Wildman–Crippen MR) is 61.5 cm³/mol. The van der Waals surface area contributed by atoms with Gasteiger partial charge in [-0.15, -0.1) is 11.8 Å². The van der Waals surface area contributed by atoms with Crippen LogP contribution in [0.1, 0.15) is 18.0 Å². The molecule has 2 rings (SSSR count). The van der Waals surface area contributed by atoms with Gasteiger partial charge in [-0.05, 0) is 35.9 Å². The molecule has 15 heavy (non-hydrogen) atoms. The van der Waals surface area contributed by atoms with E-state index in [1.54, 1.807) is 17.8 Å². The summed E-state index contributed by atoms with van der Waals surface area (Å²) in [7, 11) is 0. The minimum absolute atomic E-state index is 0.157. The zero-order chi connectivity index (χ0) is 10.7. The van der Waals surface area contributed by atoms with Gasteiger partial charge in [0.2, 0.25) is 0 Å². The Morgan fingerprint density at radius 1 is 1.53 bits per heavy atom. The molecule has 1 aromatic carbocycles. The third-order valence-corrected chi connectivity index (χ3v) is 3.67. The predicted octanol–water partition coefficient (Wildman–Crippen LogP) is 1.91. The molecule has 1 unspecified atom stereocenters. The number of benzene rings is 1. The Morgan fingerprint density at radius 2 is 2.40 bits per heavy atom. The van der Waals surface area contributed by atoms with Crippen molar-refractivity contribution in [1.82, 2.24) is 5.32 Å². The van der Waals surface area contributed by atoms with Gasteiger partial charge in [-0.3, -0.25) is 0 Å². The Labute approximate surface area is 93.4 Å². The van der Waals surface area contributed by atoms with Gasteiger partial charge in [0, 0.05) is 24.0 Å². The Balaban J connectivity index is 2.20. The molecule has 1 aromatic rings. The highest BCUT2D eigenvalue weighted by Crippen LogP contribution is 2.36. The Hall–Kier alpha value is -0.580. The van der Waals surface area contributed by atoms with Crippen LogP contribution >= 0.6 is 11.8 Å². The third kappa shape index (κ3) is 2.51. The molecule has 1 heterocycles. The van der Waals surface area contributed by atoms with Crippen LogP contribution in [-0.2, 0) is 0 Å². The highest BCUT2D eigenvalue weighted by molar-refractivity contribution is 7.99. The minimum atomic E-state index is -0.157. The van der Waals surface area contributed by atoms with E-state index >= 15 is 0 Å². The standard InChI is InChI=1S/C11H15FN2S/c12-8-1-2-11-9(7-8)10(3-6-15-11)14-5-4-13/h1-2,7,10,14H,3-6,13H2. The zero-order valence-corrected chi connectivity index (χ0v) is 9.32. The van der Waals surface area contributed by atoms with Gasteiger partial charge in [0.05, 0.1) is 0 Å². The first-order valence-corrected chi connectivity index (χ1v) is 6.15. The maximum atomic E-state index is 13.1. The van der Waals surface area contributed by atoms with Crippen LogP contribution in [0.3, 0.4) is 0 Å². The minimum Gasteiger partial charge on any atom is -0.329 e. The lowest BCUT2D eigenvalue weighted by molar-refractivity contribution is 0.512. The number of thioether (sulfide) groups is 1. The topological polar surface area (TPSA) is 38.0 Å². The van der Waals surface area contributed by atoms with Crippen LogP contribution in [0.5, 0.6) is 0 Å². The molecule has 1 atom stereocenters. The molecule has 0 aliphatic carbocycles. The van der Waals surface area contributed by atoms with E-state index < -0.39 is 0 Å². The molecule has 0 bridgehead atoms. The van der Waals surface area contributed by atoms with E-state index in [0.717, 1.165) is 24.3 Å². The van der Waals surface area contributed by atoms with Crippen LogP contribution in [0.25, 0.3) is 0 Å². The Kier molecular flexibility index (Phi) is 3.61. The quantitative estimate of drug-likeness (QED) is 0.827. The summed E-state index contributed by atoms with van der Waals surface area (Å²) in [5.74, 6) is 0.928. The van der Waals surface area contributed by atoms with Crippen molar-refractivity contribution in [1.29, 1.82) is 0 Å². The summed E-state index contributed by atoms with van der Waals surface area (Å²) in [4.78, 5) is 1.19. The van der Waals surface area contributed by atoms with Crippen molar-refractivity contribution >= 4 is 11.8 Å². The lowest BCUT2D eigenvalue weighted by Gasteiger charge is -2.25. The van der Waals surface area contributed by atoms with Crippen molar-refractivity contribution in [2.75, 3.05) is 18.8 Å². The second-order valence-corrected chi connectivity index (χ2v) is 4.75. The van der Waals surface area contributed by atoms with E-state index in [2.05, 4.69) is 5.32 Å². The molecule has 0 amide bonds. The van der Waals surface area contributed by atoms with Crippen molar-refractivity contribution in [2.24, 2.45) is 5.73 Å². The maximum absolute atomic E-state index is 13.1. The molecular formula is C11H15FN2S. The summed E-state index contributed by atoms with van der Waals surface area (Å²) >= 11 is 1.80. The summed E-state index contributed by atoms with van der Waals surface area (Å²) in [6.45, 7) is 1.40. The molecule has 4 heteroatoms. The normalized spacial score (nSPS) is 20.0. The first-order chi connectivity index (χ1) is 7.31. The van der Waals surface area contributed by atoms with E-state index in [1.165, 1.54) is 11.0 Å². The highest BCUT2D eigenvalue weighted by atomic mass is 32.2. The number of nitrogens with one attached hydrogen (secondary N) is 1. The molecule has 0 fully saturated rings. The fourth-order valence-corrected chi connectivity index (χ4v) is 2.94. The summed E-state index contributed by atoms with van der Waals surface area (Å²) in [6.07, 6.45) is 1.04. The number of halogens is 1. The van der Waals surface area contributed by atoms with Crippen LogP contribution < -0.4 is 11.1 Å². The summed E-state index contributed by atoms with van der Waals surface area (Å²) < 4.78 is 13.1. The smallest absolute Gasteiger partial charge is 0.123 e. The van der Waals surface area contributed by atoms with Crippen molar-refractivity contribution in [3.05, 3.63) is 29.6 Å². The van der Waals surface area contributed by atoms with Crippen LogP contribution in [0.15, 0.2) is 23.1 Å². The molecule has 1 aliphatic rings. The van der Waals surface area contributed by atoms with Crippen molar-refractivity contribution in [3.63, 3.8) is 0 Å². The average Bonchev–Trinajstić information content (AvgIpc) is 2.26. The van der Waals surface area contributed by atoms with E-state index in [0.29, 0.717) is 6.54 Å². The second-order valence-electron chi connectivity index (χ2n) is 3.61. The Morgan fingerprint density at radius 3 is 3.20 bits per heavy atom. The van der Waals surface area contributed by atoms with Gasteiger partial charge >= 0.3 is 0 Å². The number of hydrogen-bond acceptors (Lipinski definition) is 3. The monoisotopic (exact) mass is 226 g/mol. The van der Waals surface area contributed by atoms with Crippen molar-refractivity contribution in [3.8, 4) is 0 Å². The zero-order valence-electron chi connectivity index (χ0n) is 8.50. The average molecular weight is 226 g/mol. The molecule has 0 saturated heterocycles.